The third-order valence-electron chi connectivity index (χ3n) is 1.47. The van der Waals surface area contributed by atoms with E-state index in [-0.39, 0.29) is 27.4 Å². The van der Waals surface area contributed by atoms with Crippen LogP contribution in [0.2, 0.25) is 10.5 Å². The molecule has 74 valence electrons. The van der Waals surface area contributed by atoms with Crippen LogP contribution in [-0.4, -0.2) is 41.6 Å². The number of esters is 2. The Hall–Kier alpha value is -0.517. The van der Waals surface area contributed by atoms with Gasteiger partial charge in [-0.2, -0.15) is 0 Å². The molecule has 2 radical (unpaired) electrons. The number of rotatable bonds is 6. The maximum atomic E-state index is 10.7. The second kappa shape index (κ2) is 8.10. The summed E-state index contributed by atoms with van der Waals surface area (Å²) >= 11 is -0.180. The summed E-state index contributed by atoms with van der Waals surface area (Å²) in [7, 11) is 2.77. The van der Waals surface area contributed by atoms with Gasteiger partial charge in [-0.05, 0) is 0 Å². The Morgan fingerprint density at radius 1 is 1.00 bits per heavy atom. The van der Waals surface area contributed by atoms with E-state index in [1.54, 1.807) is 0 Å². The molecular weight excluding hydrogens is 233 g/mol. The van der Waals surface area contributed by atoms with Crippen molar-refractivity contribution >= 4 is 27.4 Å². The molecule has 0 fully saturated rings. The Bertz CT molecular complexity index is 152. The molecule has 0 N–H and O–H groups in total. The van der Waals surface area contributed by atoms with Crippen LogP contribution in [0.4, 0.5) is 0 Å². The van der Waals surface area contributed by atoms with E-state index in [1.807, 2.05) is 0 Å². The van der Waals surface area contributed by atoms with Crippen molar-refractivity contribution in [3.8, 4) is 0 Å². The van der Waals surface area contributed by atoms with Crippen molar-refractivity contribution < 1.29 is 19.1 Å². The van der Waals surface area contributed by atoms with E-state index in [9.17, 15) is 9.59 Å². The second-order valence-electron chi connectivity index (χ2n) is 2.40. The zero-order valence-electron chi connectivity index (χ0n) is 7.96. The van der Waals surface area contributed by atoms with Gasteiger partial charge in [-0.1, -0.05) is 0 Å². The Labute approximate surface area is 84.4 Å². The number of methoxy groups -OCH3 is 2. The van der Waals surface area contributed by atoms with Crippen LogP contribution in [0.3, 0.4) is 0 Å². The van der Waals surface area contributed by atoms with Gasteiger partial charge in [0.25, 0.3) is 0 Å². The Morgan fingerprint density at radius 2 is 1.38 bits per heavy atom. The monoisotopic (exact) mass is 248 g/mol. The van der Waals surface area contributed by atoms with Gasteiger partial charge in [0.1, 0.15) is 0 Å². The summed E-state index contributed by atoms with van der Waals surface area (Å²) in [4.78, 5) is 21.3. The molecule has 0 rings (SSSR count). The van der Waals surface area contributed by atoms with Crippen molar-refractivity contribution in [2.75, 3.05) is 14.2 Å². The van der Waals surface area contributed by atoms with Crippen LogP contribution in [0.25, 0.3) is 0 Å². The third-order valence-corrected chi connectivity index (χ3v) is 4.00. The van der Waals surface area contributed by atoms with E-state index in [1.165, 1.54) is 14.2 Å². The fraction of sp³-hybridized carbons (Fsp3) is 0.750. The number of carbonyl (C=O) groups excluding carboxylic acids is 2. The Kier molecular flexibility index (Phi) is 7.78. The Balaban J connectivity index is 3.17. The summed E-state index contributed by atoms with van der Waals surface area (Å²) in [6.45, 7) is 0. The van der Waals surface area contributed by atoms with Crippen molar-refractivity contribution in [3.63, 3.8) is 0 Å². The quantitative estimate of drug-likeness (QED) is 0.392. The maximum absolute atomic E-state index is 10.7. The molecule has 0 unspecified atom stereocenters. The van der Waals surface area contributed by atoms with Gasteiger partial charge in [0, 0.05) is 0 Å². The molecule has 0 saturated carbocycles. The van der Waals surface area contributed by atoms with Gasteiger partial charge < -0.3 is 0 Å². The molecule has 0 saturated heterocycles. The van der Waals surface area contributed by atoms with Crippen molar-refractivity contribution in [1.29, 1.82) is 0 Å². The van der Waals surface area contributed by atoms with Crippen LogP contribution in [-0.2, 0) is 19.1 Å². The van der Waals surface area contributed by atoms with Gasteiger partial charge in [0.15, 0.2) is 0 Å². The summed E-state index contributed by atoms with van der Waals surface area (Å²) in [5, 5.41) is 1.79. The Morgan fingerprint density at radius 3 is 1.69 bits per heavy atom. The van der Waals surface area contributed by atoms with Gasteiger partial charge in [0.2, 0.25) is 0 Å². The predicted molar refractivity (Wildman–Crippen MR) is 48.6 cm³/mol. The molecule has 0 aromatic heterocycles. The van der Waals surface area contributed by atoms with Crippen molar-refractivity contribution in [2.45, 2.75) is 23.3 Å². The van der Waals surface area contributed by atoms with Crippen molar-refractivity contribution in [3.05, 3.63) is 0 Å². The second-order valence-corrected chi connectivity index (χ2v) is 5.55. The fourth-order valence-electron chi connectivity index (χ4n) is 0.710. The van der Waals surface area contributed by atoms with E-state index in [0.717, 1.165) is 10.5 Å². The molecule has 0 spiro atoms. The first-order chi connectivity index (χ1) is 6.20. The zero-order valence-corrected chi connectivity index (χ0v) is 10.1. The molecule has 0 aliphatic carbocycles. The van der Waals surface area contributed by atoms with Crippen LogP contribution in [0.15, 0.2) is 0 Å². The fourth-order valence-corrected chi connectivity index (χ4v) is 2.83. The first-order valence-electron chi connectivity index (χ1n) is 4.05. The van der Waals surface area contributed by atoms with Gasteiger partial charge in [-0.25, -0.2) is 0 Å². The standard InChI is InChI=1S/C8H14GeO4/c1-12-7(10)3-5-9-6-4-8(11)13-2/h3-6H2,1-2H3. The van der Waals surface area contributed by atoms with Crippen LogP contribution < -0.4 is 0 Å². The van der Waals surface area contributed by atoms with Crippen molar-refractivity contribution in [1.82, 2.24) is 0 Å². The number of carbonyl (C=O) groups is 2. The molecule has 0 bridgehead atoms. The molecule has 0 aromatic rings. The third kappa shape index (κ3) is 7.83. The van der Waals surface area contributed by atoms with Crippen LogP contribution in [0, 0.1) is 0 Å². The van der Waals surface area contributed by atoms with Gasteiger partial charge >= 0.3 is 84.0 Å². The van der Waals surface area contributed by atoms with Gasteiger partial charge in [0.05, 0.1) is 0 Å². The topological polar surface area (TPSA) is 52.6 Å². The van der Waals surface area contributed by atoms with Crippen LogP contribution >= 0.6 is 0 Å². The molecule has 0 aliphatic heterocycles. The van der Waals surface area contributed by atoms with Crippen LogP contribution in [0.5, 0.6) is 0 Å². The van der Waals surface area contributed by atoms with Crippen molar-refractivity contribution in [2.24, 2.45) is 0 Å². The minimum atomic E-state index is -0.180. The van der Waals surface area contributed by atoms with Gasteiger partial charge in [-0.15, -0.1) is 0 Å². The summed E-state index contributed by atoms with van der Waals surface area (Å²) in [6.07, 6.45) is 0.968. The predicted octanol–water partition coefficient (Wildman–Crippen LogP) is 0.653. The number of hydrogen-bond donors (Lipinski definition) is 0. The molecule has 0 aliphatic rings. The normalized spacial score (nSPS) is 9.38. The number of ether oxygens (including phenoxy) is 2. The number of hydrogen-bond acceptors (Lipinski definition) is 4. The van der Waals surface area contributed by atoms with Gasteiger partial charge in [-0.3, -0.25) is 0 Å². The van der Waals surface area contributed by atoms with Crippen LogP contribution in [0.1, 0.15) is 12.8 Å². The van der Waals surface area contributed by atoms with E-state index < -0.39 is 0 Å². The molecule has 4 nitrogen and oxygen atoms in total. The molecular formula is C8H14GeO4. The summed E-state index contributed by atoms with van der Waals surface area (Å²) < 4.78 is 8.98. The SMILES string of the molecule is COC(=O)C[CH2][Ge][CH2]CC(=O)OC. The minimum absolute atomic E-state index is 0.165. The average molecular weight is 247 g/mol. The zero-order chi connectivity index (χ0) is 10.1. The average Bonchev–Trinajstić information content (AvgIpc) is 2.16. The summed E-state index contributed by atoms with van der Waals surface area (Å²) in [6, 6.07) is 0. The van der Waals surface area contributed by atoms with E-state index in [4.69, 9.17) is 0 Å². The molecule has 0 atom stereocenters. The molecule has 0 heterocycles. The molecule has 0 amide bonds. The van der Waals surface area contributed by atoms with E-state index in [2.05, 4.69) is 9.47 Å². The van der Waals surface area contributed by atoms with E-state index in [0.29, 0.717) is 12.8 Å². The molecule has 5 heteroatoms. The van der Waals surface area contributed by atoms with E-state index >= 15 is 0 Å². The molecule has 0 aromatic carbocycles. The summed E-state index contributed by atoms with van der Waals surface area (Å²) in [5.74, 6) is -0.330. The summed E-state index contributed by atoms with van der Waals surface area (Å²) in [5.41, 5.74) is 0. The molecule has 13 heavy (non-hydrogen) atoms. The first-order valence-corrected chi connectivity index (χ1v) is 7.01. The first kappa shape index (κ1) is 12.5.